The standard InChI is InChI=1S/C12H18BrN3O/c1-2-16-10(9(13)7-15-16)11(17)12(8-14)5-3-4-6-12/h7H,2-6,8,14H2,1H3. The summed E-state index contributed by atoms with van der Waals surface area (Å²) in [6.45, 7) is 3.13. The second kappa shape index (κ2) is 4.90. The molecule has 1 aliphatic carbocycles. The maximum absolute atomic E-state index is 12.7. The summed E-state index contributed by atoms with van der Waals surface area (Å²) >= 11 is 3.41. The summed E-state index contributed by atoms with van der Waals surface area (Å²) in [5, 5.41) is 4.20. The molecule has 0 saturated heterocycles. The molecule has 0 amide bonds. The van der Waals surface area contributed by atoms with E-state index < -0.39 is 0 Å². The van der Waals surface area contributed by atoms with Crippen LogP contribution in [0.3, 0.4) is 0 Å². The number of ketones is 1. The number of rotatable bonds is 4. The van der Waals surface area contributed by atoms with E-state index in [0.29, 0.717) is 18.8 Å². The molecule has 94 valence electrons. The number of nitrogens with two attached hydrogens (primary N) is 1. The molecule has 17 heavy (non-hydrogen) atoms. The highest BCUT2D eigenvalue weighted by atomic mass is 79.9. The van der Waals surface area contributed by atoms with Gasteiger partial charge in [0.1, 0.15) is 5.69 Å². The van der Waals surface area contributed by atoms with Gasteiger partial charge in [-0.05, 0) is 35.7 Å². The van der Waals surface area contributed by atoms with Crippen molar-refractivity contribution in [3.63, 3.8) is 0 Å². The molecular weight excluding hydrogens is 282 g/mol. The van der Waals surface area contributed by atoms with E-state index in [-0.39, 0.29) is 11.2 Å². The molecule has 1 heterocycles. The first-order valence-corrected chi connectivity index (χ1v) is 6.90. The number of hydrogen-bond donors (Lipinski definition) is 1. The van der Waals surface area contributed by atoms with Crippen molar-refractivity contribution >= 4 is 21.7 Å². The molecule has 0 aliphatic heterocycles. The van der Waals surface area contributed by atoms with E-state index in [4.69, 9.17) is 5.73 Å². The van der Waals surface area contributed by atoms with Crippen LogP contribution in [-0.4, -0.2) is 22.1 Å². The van der Waals surface area contributed by atoms with Crippen LogP contribution in [0.5, 0.6) is 0 Å². The van der Waals surface area contributed by atoms with E-state index in [9.17, 15) is 4.79 Å². The highest BCUT2D eigenvalue weighted by Gasteiger charge is 2.42. The van der Waals surface area contributed by atoms with Gasteiger partial charge in [-0.1, -0.05) is 12.8 Å². The Bertz CT molecular complexity index is 421. The number of nitrogens with zero attached hydrogens (tertiary/aromatic N) is 2. The Morgan fingerprint density at radius 3 is 2.76 bits per heavy atom. The van der Waals surface area contributed by atoms with E-state index in [0.717, 1.165) is 30.2 Å². The van der Waals surface area contributed by atoms with Crippen molar-refractivity contribution in [2.75, 3.05) is 6.54 Å². The third kappa shape index (κ3) is 2.06. The number of aryl methyl sites for hydroxylation is 1. The molecule has 1 fully saturated rings. The van der Waals surface area contributed by atoms with Gasteiger partial charge in [-0.3, -0.25) is 9.48 Å². The average molecular weight is 300 g/mol. The zero-order valence-electron chi connectivity index (χ0n) is 10.1. The Morgan fingerprint density at radius 1 is 1.59 bits per heavy atom. The van der Waals surface area contributed by atoms with Gasteiger partial charge in [0.2, 0.25) is 0 Å². The van der Waals surface area contributed by atoms with Crippen molar-refractivity contribution in [1.29, 1.82) is 0 Å². The predicted molar refractivity (Wildman–Crippen MR) is 69.9 cm³/mol. The van der Waals surface area contributed by atoms with Crippen LogP contribution in [0.4, 0.5) is 0 Å². The highest BCUT2D eigenvalue weighted by molar-refractivity contribution is 9.10. The normalized spacial score (nSPS) is 18.5. The van der Waals surface area contributed by atoms with Crippen LogP contribution in [0.2, 0.25) is 0 Å². The molecule has 0 bridgehead atoms. The number of aromatic nitrogens is 2. The molecule has 2 N–H and O–H groups in total. The number of hydrogen-bond acceptors (Lipinski definition) is 3. The molecule has 0 aromatic carbocycles. The Kier molecular flexibility index (Phi) is 3.68. The van der Waals surface area contributed by atoms with Gasteiger partial charge in [0.25, 0.3) is 0 Å². The van der Waals surface area contributed by atoms with Crippen molar-refractivity contribution in [3.05, 3.63) is 16.4 Å². The molecule has 5 heteroatoms. The Morgan fingerprint density at radius 2 is 2.24 bits per heavy atom. The number of halogens is 1. The topological polar surface area (TPSA) is 60.9 Å². The fraction of sp³-hybridized carbons (Fsp3) is 0.667. The average Bonchev–Trinajstić information content (AvgIpc) is 2.95. The minimum atomic E-state index is -0.352. The van der Waals surface area contributed by atoms with E-state index in [1.807, 2.05) is 6.92 Å². The van der Waals surface area contributed by atoms with Gasteiger partial charge in [-0.15, -0.1) is 0 Å². The Hall–Kier alpha value is -0.680. The van der Waals surface area contributed by atoms with Gasteiger partial charge in [0, 0.05) is 18.5 Å². The van der Waals surface area contributed by atoms with E-state index in [1.165, 1.54) is 0 Å². The lowest BCUT2D eigenvalue weighted by molar-refractivity contribution is 0.0797. The van der Waals surface area contributed by atoms with E-state index >= 15 is 0 Å². The smallest absolute Gasteiger partial charge is 0.189 e. The summed E-state index contributed by atoms with van der Waals surface area (Å²) in [5.41, 5.74) is 6.18. The molecular formula is C12H18BrN3O. The van der Waals surface area contributed by atoms with Gasteiger partial charge in [0.15, 0.2) is 5.78 Å². The van der Waals surface area contributed by atoms with Crippen molar-refractivity contribution in [2.24, 2.45) is 11.1 Å². The zero-order valence-corrected chi connectivity index (χ0v) is 11.7. The Labute approximate surface area is 110 Å². The molecule has 2 rings (SSSR count). The minimum Gasteiger partial charge on any atom is -0.329 e. The van der Waals surface area contributed by atoms with Gasteiger partial charge < -0.3 is 5.73 Å². The third-order valence-corrected chi connectivity index (χ3v) is 4.32. The van der Waals surface area contributed by atoms with Gasteiger partial charge in [0.05, 0.1) is 10.7 Å². The minimum absolute atomic E-state index is 0.156. The van der Waals surface area contributed by atoms with Crippen LogP contribution in [0, 0.1) is 5.41 Å². The maximum atomic E-state index is 12.7. The van der Waals surface area contributed by atoms with Gasteiger partial charge in [-0.2, -0.15) is 5.10 Å². The second-order valence-electron chi connectivity index (χ2n) is 4.68. The number of carbonyl (C=O) groups excluding carboxylic acids is 1. The van der Waals surface area contributed by atoms with Crippen LogP contribution in [0.15, 0.2) is 10.7 Å². The first-order valence-electron chi connectivity index (χ1n) is 6.11. The molecule has 0 radical (unpaired) electrons. The lowest BCUT2D eigenvalue weighted by Crippen LogP contribution is -2.37. The van der Waals surface area contributed by atoms with Crippen molar-refractivity contribution in [3.8, 4) is 0 Å². The fourth-order valence-electron chi connectivity index (χ4n) is 2.65. The van der Waals surface area contributed by atoms with Crippen LogP contribution >= 0.6 is 15.9 Å². The largest absolute Gasteiger partial charge is 0.329 e. The molecule has 0 spiro atoms. The lowest BCUT2D eigenvalue weighted by Gasteiger charge is -2.25. The van der Waals surface area contributed by atoms with Crippen molar-refractivity contribution < 1.29 is 4.79 Å². The summed E-state index contributed by atoms with van der Waals surface area (Å²) < 4.78 is 2.53. The van der Waals surface area contributed by atoms with Gasteiger partial charge in [-0.25, -0.2) is 0 Å². The quantitative estimate of drug-likeness (QED) is 0.868. The third-order valence-electron chi connectivity index (χ3n) is 3.74. The summed E-state index contributed by atoms with van der Waals surface area (Å²) in [6.07, 6.45) is 5.70. The van der Waals surface area contributed by atoms with Gasteiger partial charge >= 0.3 is 0 Å². The number of Topliss-reactive ketones (excluding diaryl/α,β-unsaturated/α-hetero) is 1. The van der Waals surface area contributed by atoms with Crippen LogP contribution < -0.4 is 5.73 Å². The molecule has 0 atom stereocenters. The van der Waals surface area contributed by atoms with Crippen LogP contribution in [0.1, 0.15) is 43.1 Å². The van der Waals surface area contributed by atoms with Crippen LogP contribution in [0.25, 0.3) is 0 Å². The molecule has 1 saturated carbocycles. The van der Waals surface area contributed by atoms with E-state index in [2.05, 4.69) is 21.0 Å². The summed E-state index contributed by atoms with van der Waals surface area (Å²) in [4.78, 5) is 12.7. The lowest BCUT2D eigenvalue weighted by atomic mass is 9.80. The summed E-state index contributed by atoms with van der Waals surface area (Å²) in [6, 6.07) is 0. The SMILES string of the molecule is CCn1ncc(Br)c1C(=O)C1(CN)CCCC1. The number of carbonyl (C=O) groups is 1. The van der Waals surface area contributed by atoms with E-state index in [1.54, 1.807) is 10.9 Å². The monoisotopic (exact) mass is 299 g/mol. The first-order chi connectivity index (χ1) is 8.14. The second-order valence-corrected chi connectivity index (χ2v) is 5.53. The molecule has 1 aromatic heterocycles. The zero-order chi connectivity index (χ0) is 12.5. The highest BCUT2D eigenvalue weighted by Crippen LogP contribution is 2.41. The molecule has 1 aliphatic rings. The van der Waals surface area contributed by atoms with Crippen molar-refractivity contribution in [2.45, 2.75) is 39.2 Å². The predicted octanol–water partition coefficient (Wildman–Crippen LogP) is 2.37. The van der Waals surface area contributed by atoms with Crippen molar-refractivity contribution in [1.82, 2.24) is 9.78 Å². The fourth-order valence-corrected chi connectivity index (χ4v) is 3.13. The summed E-state index contributed by atoms with van der Waals surface area (Å²) in [7, 11) is 0. The molecule has 4 nitrogen and oxygen atoms in total. The Balaban J connectivity index is 2.38. The maximum Gasteiger partial charge on any atom is 0.189 e. The molecule has 1 aromatic rings. The van der Waals surface area contributed by atoms with Crippen LogP contribution in [-0.2, 0) is 6.54 Å². The summed E-state index contributed by atoms with van der Waals surface area (Å²) in [5.74, 6) is 0.156. The molecule has 0 unspecified atom stereocenters. The first kappa shape index (κ1) is 12.8.